The summed E-state index contributed by atoms with van der Waals surface area (Å²) in [4.78, 5) is 17.5. The van der Waals surface area contributed by atoms with Crippen molar-refractivity contribution in [3.63, 3.8) is 0 Å². The fourth-order valence-electron chi connectivity index (χ4n) is 0.379. The molecule has 0 fully saturated rings. The maximum Gasteiger partial charge on any atom is 0.549 e. The minimum Gasteiger partial charge on any atom is -0.741 e. The second-order valence-corrected chi connectivity index (χ2v) is 4.04. The molecule has 0 aliphatic heterocycles. The van der Waals surface area contributed by atoms with Crippen molar-refractivity contribution in [3.8, 4) is 6.07 Å². The molecule has 0 aliphatic rings. The molecule has 17 heteroatoms. The summed E-state index contributed by atoms with van der Waals surface area (Å²) in [5.41, 5.74) is -0.830. The number of amidine groups is 1. The van der Waals surface area contributed by atoms with E-state index >= 15 is 0 Å². The summed E-state index contributed by atoms with van der Waals surface area (Å²) in [6.45, 7) is 1.43. The van der Waals surface area contributed by atoms with Crippen LogP contribution in [-0.4, -0.2) is 40.3 Å². The van der Waals surface area contributed by atoms with Crippen LogP contribution in [-0.2, 0) is 10.1 Å². The zero-order chi connectivity index (χ0) is 18.7. The van der Waals surface area contributed by atoms with Gasteiger partial charge in [0, 0.05) is 6.92 Å². The normalized spacial score (nSPS) is 11.2. The molecule has 0 bridgehead atoms. The van der Waals surface area contributed by atoms with Crippen LogP contribution in [0, 0.1) is 31.6 Å². The summed E-state index contributed by atoms with van der Waals surface area (Å²) in [6.07, 6.45) is -2.19. The lowest BCUT2D eigenvalue weighted by Gasteiger charge is -2.08. The number of nitro groups is 2. The van der Waals surface area contributed by atoms with Crippen molar-refractivity contribution < 1.29 is 41.1 Å². The van der Waals surface area contributed by atoms with Crippen LogP contribution in [0.3, 0.4) is 0 Å². The Labute approximate surface area is 120 Å². The van der Waals surface area contributed by atoms with Gasteiger partial charge in [0.15, 0.2) is 10.1 Å². The molecule has 0 atom stereocenters. The predicted octanol–water partition coefficient (Wildman–Crippen LogP) is -3.24. The summed E-state index contributed by atoms with van der Waals surface area (Å²) in [7, 11) is -6.09. The number of nitrogens with one attached hydrogen (secondary N) is 1. The Kier molecular flexibility index (Phi) is 11.1. The summed E-state index contributed by atoms with van der Waals surface area (Å²) < 4.78 is 58.9. The summed E-state index contributed by atoms with van der Waals surface area (Å²) >= 11 is 0. The Morgan fingerprint density at radius 2 is 1.55 bits per heavy atom. The van der Waals surface area contributed by atoms with Crippen molar-refractivity contribution in [3.05, 3.63) is 20.2 Å². The molecular formula is C5H9F3N6O7S. The molecule has 0 aromatic carbocycles. The van der Waals surface area contributed by atoms with Crippen LogP contribution in [0.4, 0.5) is 13.2 Å². The van der Waals surface area contributed by atoms with Gasteiger partial charge in [-0.3, -0.25) is 31.8 Å². The van der Waals surface area contributed by atoms with Gasteiger partial charge in [-0.2, -0.15) is 23.5 Å². The zero-order valence-electron chi connectivity index (χ0n) is 10.5. The standard InChI is InChI=1S/C2H5N5O4.C2H3N.CHF3O3S/c3-1(5-4)2(6(8)9)7(10)11;1-2-3;2-1(3,4)8(5,6)7/h2H,4H2,(H2,3,5);1H3;(H,5,6,7). The maximum absolute atomic E-state index is 10.7. The highest BCUT2D eigenvalue weighted by Crippen LogP contribution is 2.20. The highest BCUT2D eigenvalue weighted by atomic mass is 32.2. The highest BCUT2D eigenvalue weighted by Gasteiger charge is 2.42. The summed E-state index contributed by atoms with van der Waals surface area (Å²) in [6, 6.07) is 1.75. The van der Waals surface area contributed by atoms with Crippen LogP contribution >= 0.6 is 0 Å². The Hall–Kier alpha value is -2.74. The molecule has 0 radical (unpaired) electrons. The van der Waals surface area contributed by atoms with E-state index in [1.165, 1.54) is 6.92 Å². The lowest BCUT2D eigenvalue weighted by molar-refractivity contribution is -0.727. The van der Waals surface area contributed by atoms with Gasteiger partial charge in [0.2, 0.25) is 0 Å². The number of nitriles is 1. The average molecular weight is 354 g/mol. The van der Waals surface area contributed by atoms with E-state index < -0.39 is 37.5 Å². The van der Waals surface area contributed by atoms with Crippen LogP contribution in [0.15, 0.2) is 0 Å². The second kappa shape index (κ2) is 10.1. The Balaban J connectivity index is -0.000000288. The maximum atomic E-state index is 10.7. The van der Waals surface area contributed by atoms with E-state index in [2.05, 4.69) is 5.84 Å². The first-order chi connectivity index (χ1) is 9.67. The van der Waals surface area contributed by atoms with Gasteiger partial charge in [-0.1, -0.05) is 0 Å². The number of hydrazine groups is 1. The minimum atomic E-state index is -6.09. The van der Waals surface area contributed by atoms with Crippen molar-refractivity contribution in [2.24, 2.45) is 11.6 Å². The third kappa shape index (κ3) is 11.1. The second-order valence-electron chi connectivity index (χ2n) is 2.67. The molecule has 13 nitrogen and oxygen atoms in total. The first-order valence-electron chi connectivity index (χ1n) is 4.36. The largest absolute Gasteiger partial charge is 0.741 e. The number of rotatable bonds is 3. The van der Waals surface area contributed by atoms with E-state index in [1.54, 1.807) is 11.2 Å². The molecule has 0 aliphatic carbocycles. The number of hydrogen-bond donors (Lipinski definition) is 3. The molecule has 0 aromatic rings. The Bertz CT molecular complexity index is 538. The van der Waals surface area contributed by atoms with Crippen LogP contribution in [0.2, 0.25) is 0 Å². The quantitative estimate of drug-likeness (QED) is 0.0669. The molecule has 0 rings (SSSR count). The molecule has 0 spiro atoms. The smallest absolute Gasteiger partial charge is 0.549 e. The third-order valence-electron chi connectivity index (χ3n) is 1.13. The summed E-state index contributed by atoms with van der Waals surface area (Å²) in [5.74, 6) is 3.92. The molecule has 0 saturated heterocycles. The number of alkyl halides is 3. The van der Waals surface area contributed by atoms with Crippen molar-refractivity contribution in [1.29, 1.82) is 5.26 Å². The van der Waals surface area contributed by atoms with Crippen LogP contribution in [0.5, 0.6) is 0 Å². The number of nitrogens with zero attached hydrogens (tertiary/aromatic N) is 3. The van der Waals surface area contributed by atoms with Gasteiger partial charge in [0.1, 0.15) is 9.85 Å². The fraction of sp³-hybridized carbons (Fsp3) is 0.600. The van der Waals surface area contributed by atoms with Crippen molar-refractivity contribution in [2.45, 2.75) is 18.6 Å². The molecule has 0 amide bonds. The predicted molar refractivity (Wildman–Crippen MR) is 59.2 cm³/mol. The first-order valence-corrected chi connectivity index (χ1v) is 5.77. The van der Waals surface area contributed by atoms with Crippen molar-refractivity contribution in [1.82, 2.24) is 0 Å². The minimum absolute atomic E-state index is 0.708. The van der Waals surface area contributed by atoms with E-state index in [0.29, 0.717) is 0 Å². The average Bonchev–Trinajstić information content (AvgIpc) is 2.26. The van der Waals surface area contributed by atoms with Crippen molar-refractivity contribution in [2.75, 3.05) is 0 Å². The van der Waals surface area contributed by atoms with E-state index in [4.69, 9.17) is 24.0 Å². The molecule has 0 saturated carbocycles. The van der Waals surface area contributed by atoms with E-state index in [0.717, 1.165) is 0 Å². The fourth-order valence-corrected chi connectivity index (χ4v) is 0.379. The summed E-state index contributed by atoms with van der Waals surface area (Å²) in [5, 5.41) is 28.8. The Morgan fingerprint density at radius 3 is 1.59 bits per heavy atom. The molecule has 128 valence electrons. The molecular weight excluding hydrogens is 345 g/mol. The van der Waals surface area contributed by atoms with Gasteiger partial charge in [0.05, 0.1) is 6.07 Å². The lowest BCUT2D eigenvalue weighted by atomic mass is 10.5. The van der Waals surface area contributed by atoms with Gasteiger partial charge in [-0.15, -0.1) is 0 Å². The SMILES string of the molecule is CC#N.N/[NH+]=C(\N)C([N+](=O)[O-])[N+](=O)[O-].O=S(=O)([O-])C(F)(F)F. The topological polar surface area (TPSA) is 233 Å². The van der Waals surface area contributed by atoms with Gasteiger partial charge in [-0.05, 0) is 0 Å². The molecule has 0 heterocycles. The number of nitrogens with two attached hydrogens (primary N) is 2. The molecule has 22 heavy (non-hydrogen) atoms. The zero-order valence-corrected chi connectivity index (χ0v) is 11.3. The number of halogens is 3. The third-order valence-corrected chi connectivity index (χ3v) is 1.69. The van der Waals surface area contributed by atoms with Gasteiger partial charge >= 0.3 is 17.5 Å². The molecule has 0 aromatic heterocycles. The van der Waals surface area contributed by atoms with E-state index in [1.807, 2.05) is 0 Å². The molecule has 5 N–H and O–H groups in total. The van der Waals surface area contributed by atoms with E-state index in [9.17, 15) is 33.4 Å². The molecule has 0 unspecified atom stereocenters. The van der Waals surface area contributed by atoms with Crippen LogP contribution < -0.4 is 16.7 Å². The number of hydrogen-bond acceptors (Lipinski definition) is 9. The van der Waals surface area contributed by atoms with Crippen LogP contribution in [0.1, 0.15) is 6.92 Å². The number of hydrazone groups is 1. The lowest BCUT2D eigenvalue weighted by Crippen LogP contribution is -2.85. The van der Waals surface area contributed by atoms with Gasteiger partial charge in [0.25, 0.3) is 0 Å². The monoisotopic (exact) mass is 354 g/mol. The van der Waals surface area contributed by atoms with E-state index in [-0.39, 0.29) is 0 Å². The van der Waals surface area contributed by atoms with Crippen LogP contribution in [0.25, 0.3) is 0 Å². The first kappa shape index (κ1) is 24.3. The van der Waals surface area contributed by atoms with Gasteiger partial charge in [-0.25, -0.2) is 8.42 Å². The highest BCUT2D eigenvalue weighted by molar-refractivity contribution is 7.86. The van der Waals surface area contributed by atoms with Gasteiger partial charge < -0.3 is 4.55 Å². The Morgan fingerprint density at radius 1 is 1.32 bits per heavy atom. The van der Waals surface area contributed by atoms with Crippen molar-refractivity contribution >= 4 is 16.0 Å².